The molecular formula is C18H23N. The minimum atomic E-state index is 0.697. The zero-order chi connectivity index (χ0) is 13.7. The first-order valence-corrected chi connectivity index (χ1v) is 7.02. The molecular weight excluding hydrogens is 230 g/mol. The topological polar surface area (TPSA) is 12.0 Å². The maximum Gasteiger partial charge on any atom is 0.0208 e. The molecule has 0 fully saturated rings. The van der Waals surface area contributed by atoms with Crippen LogP contribution in [0, 0.1) is 5.92 Å². The van der Waals surface area contributed by atoms with Gasteiger partial charge in [0.05, 0.1) is 0 Å². The summed E-state index contributed by atoms with van der Waals surface area (Å²) in [5.74, 6) is 0.697. The Morgan fingerprint density at radius 1 is 1.00 bits per heavy atom. The van der Waals surface area contributed by atoms with Crippen molar-refractivity contribution in [1.82, 2.24) is 5.32 Å². The van der Waals surface area contributed by atoms with Gasteiger partial charge in [0.25, 0.3) is 0 Å². The first-order valence-electron chi connectivity index (χ1n) is 7.02. The van der Waals surface area contributed by atoms with Gasteiger partial charge < -0.3 is 5.32 Å². The zero-order valence-corrected chi connectivity index (χ0v) is 12.1. The third kappa shape index (κ3) is 3.68. The van der Waals surface area contributed by atoms with Gasteiger partial charge >= 0.3 is 0 Å². The average Bonchev–Trinajstić information content (AvgIpc) is 2.39. The first kappa shape index (κ1) is 13.8. The van der Waals surface area contributed by atoms with Crippen molar-refractivity contribution in [2.45, 2.75) is 26.8 Å². The third-order valence-electron chi connectivity index (χ3n) is 3.27. The van der Waals surface area contributed by atoms with Crippen LogP contribution in [0.15, 0.2) is 48.5 Å². The van der Waals surface area contributed by atoms with Gasteiger partial charge in [0.2, 0.25) is 0 Å². The second-order valence-corrected chi connectivity index (χ2v) is 5.49. The molecule has 0 aromatic heterocycles. The molecule has 100 valence electrons. The molecule has 1 N–H and O–H groups in total. The summed E-state index contributed by atoms with van der Waals surface area (Å²) in [6.45, 7) is 5.44. The normalized spacial score (nSPS) is 10.9. The van der Waals surface area contributed by atoms with Gasteiger partial charge in [-0.3, -0.25) is 0 Å². The molecule has 0 atom stereocenters. The second kappa shape index (κ2) is 6.53. The maximum atomic E-state index is 3.24. The highest BCUT2D eigenvalue weighted by atomic mass is 14.8. The van der Waals surface area contributed by atoms with Crippen LogP contribution >= 0.6 is 0 Å². The van der Waals surface area contributed by atoms with Gasteiger partial charge in [0, 0.05) is 6.54 Å². The van der Waals surface area contributed by atoms with Crippen LogP contribution in [0.5, 0.6) is 0 Å². The van der Waals surface area contributed by atoms with Crippen molar-refractivity contribution in [2.24, 2.45) is 5.92 Å². The van der Waals surface area contributed by atoms with Gasteiger partial charge in [-0.15, -0.1) is 0 Å². The summed E-state index contributed by atoms with van der Waals surface area (Å²) in [6.07, 6.45) is 1.14. The van der Waals surface area contributed by atoms with Crippen LogP contribution in [-0.2, 0) is 13.0 Å². The monoisotopic (exact) mass is 253 g/mol. The molecule has 0 saturated heterocycles. The van der Waals surface area contributed by atoms with Crippen LogP contribution in [0.3, 0.4) is 0 Å². The van der Waals surface area contributed by atoms with Crippen LogP contribution in [0.2, 0.25) is 0 Å². The minimum absolute atomic E-state index is 0.697. The van der Waals surface area contributed by atoms with E-state index >= 15 is 0 Å². The molecule has 19 heavy (non-hydrogen) atoms. The number of rotatable bonds is 5. The van der Waals surface area contributed by atoms with Crippen molar-refractivity contribution in [3.05, 3.63) is 59.7 Å². The van der Waals surface area contributed by atoms with Crippen LogP contribution in [-0.4, -0.2) is 7.05 Å². The SMILES string of the molecule is CNCc1ccccc1-c1cccc(CC(C)C)c1. The highest BCUT2D eigenvalue weighted by Crippen LogP contribution is 2.25. The van der Waals surface area contributed by atoms with E-state index in [1.54, 1.807) is 0 Å². The number of hydrogen-bond acceptors (Lipinski definition) is 1. The molecule has 0 bridgehead atoms. The average molecular weight is 253 g/mol. The van der Waals surface area contributed by atoms with Gasteiger partial charge in [-0.1, -0.05) is 62.4 Å². The smallest absolute Gasteiger partial charge is 0.0208 e. The second-order valence-electron chi connectivity index (χ2n) is 5.49. The Bertz CT molecular complexity index is 529. The van der Waals surface area contributed by atoms with E-state index in [0.717, 1.165) is 13.0 Å². The van der Waals surface area contributed by atoms with E-state index < -0.39 is 0 Å². The first-order chi connectivity index (χ1) is 9.20. The predicted octanol–water partition coefficient (Wildman–Crippen LogP) is 4.27. The Morgan fingerprint density at radius 2 is 1.79 bits per heavy atom. The summed E-state index contributed by atoms with van der Waals surface area (Å²) >= 11 is 0. The summed E-state index contributed by atoms with van der Waals surface area (Å²) in [5.41, 5.74) is 5.44. The summed E-state index contributed by atoms with van der Waals surface area (Å²) in [7, 11) is 1.99. The quantitative estimate of drug-likeness (QED) is 0.839. The van der Waals surface area contributed by atoms with E-state index in [1.807, 2.05) is 7.05 Å². The van der Waals surface area contributed by atoms with Gasteiger partial charge in [-0.2, -0.15) is 0 Å². The van der Waals surface area contributed by atoms with E-state index in [4.69, 9.17) is 0 Å². The lowest BCUT2D eigenvalue weighted by Crippen LogP contribution is -2.06. The molecule has 2 rings (SSSR count). The lowest BCUT2D eigenvalue weighted by molar-refractivity contribution is 0.647. The molecule has 0 radical (unpaired) electrons. The molecule has 0 aliphatic heterocycles. The van der Waals surface area contributed by atoms with Gasteiger partial charge in [-0.05, 0) is 41.6 Å². The lowest BCUT2D eigenvalue weighted by atomic mass is 9.95. The van der Waals surface area contributed by atoms with E-state index in [9.17, 15) is 0 Å². The van der Waals surface area contributed by atoms with Crippen LogP contribution in [0.4, 0.5) is 0 Å². The lowest BCUT2D eigenvalue weighted by Gasteiger charge is -2.11. The molecule has 2 aromatic rings. The number of nitrogens with one attached hydrogen (secondary N) is 1. The predicted molar refractivity (Wildman–Crippen MR) is 83.2 cm³/mol. The van der Waals surface area contributed by atoms with Crippen molar-refractivity contribution in [1.29, 1.82) is 0 Å². The molecule has 0 saturated carbocycles. The number of benzene rings is 2. The minimum Gasteiger partial charge on any atom is -0.316 e. The van der Waals surface area contributed by atoms with E-state index in [2.05, 4.69) is 67.7 Å². The highest BCUT2D eigenvalue weighted by molar-refractivity contribution is 5.68. The van der Waals surface area contributed by atoms with Gasteiger partial charge in [0.15, 0.2) is 0 Å². The Hall–Kier alpha value is -1.60. The molecule has 1 heteroatoms. The Morgan fingerprint density at radius 3 is 2.53 bits per heavy atom. The zero-order valence-electron chi connectivity index (χ0n) is 12.1. The molecule has 1 nitrogen and oxygen atoms in total. The Kier molecular flexibility index (Phi) is 4.75. The largest absolute Gasteiger partial charge is 0.316 e. The molecule has 0 heterocycles. The van der Waals surface area contributed by atoms with Crippen molar-refractivity contribution in [2.75, 3.05) is 7.05 Å². The van der Waals surface area contributed by atoms with Crippen molar-refractivity contribution >= 4 is 0 Å². The fourth-order valence-corrected chi connectivity index (χ4v) is 2.48. The van der Waals surface area contributed by atoms with Gasteiger partial charge in [-0.25, -0.2) is 0 Å². The molecule has 0 amide bonds. The van der Waals surface area contributed by atoms with Crippen LogP contribution in [0.25, 0.3) is 11.1 Å². The molecule has 0 aliphatic rings. The number of hydrogen-bond donors (Lipinski definition) is 1. The molecule has 0 aliphatic carbocycles. The molecule has 2 aromatic carbocycles. The summed E-state index contributed by atoms with van der Waals surface area (Å²) in [6, 6.07) is 17.6. The third-order valence-corrected chi connectivity index (χ3v) is 3.27. The van der Waals surface area contributed by atoms with E-state index in [0.29, 0.717) is 5.92 Å². The highest BCUT2D eigenvalue weighted by Gasteiger charge is 2.05. The Balaban J connectivity index is 2.36. The van der Waals surface area contributed by atoms with Crippen molar-refractivity contribution in [3.63, 3.8) is 0 Å². The van der Waals surface area contributed by atoms with Crippen molar-refractivity contribution in [3.8, 4) is 11.1 Å². The van der Waals surface area contributed by atoms with Crippen LogP contribution in [0.1, 0.15) is 25.0 Å². The van der Waals surface area contributed by atoms with Crippen LogP contribution < -0.4 is 5.32 Å². The fourth-order valence-electron chi connectivity index (χ4n) is 2.48. The Labute approximate surface area is 116 Å². The molecule has 0 unspecified atom stereocenters. The fraction of sp³-hybridized carbons (Fsp3) is 0.333. The van der Waals surface area contributed by atoms with E-state index in [1.165, 1.54) is 22.3 Å². The van der Waals surface area contributed by atoms with Crippen molar-refractivity contribution < 1.29 is 0 Å². The summed E-state index contributed by atoms with van der Waals surface area (Å²) in [5, 5.41) is 3.24. The summed E-state index contributed by atoms with van der Waals surface area (Å²) in [4.78, 5) is 0. The van der Waals surface area contributed by atoms with E-state index in [-0.39, 0.29) is 0 Å². The summed E-state index contributed by atoms with van der Waals surface area (Å²) < 4.78 is 0. The van der Waals surface area contributed by atoms with Gasteiger partial charge in [0.1, 0.15) is 0 Å². The maximum absolute atomic E-state index is 3.24. The standard InChI is InChI=1S/C18H23N/c1-14(2)11-15-7-6-9-16(12-15)18-10-5-4-8-17(18)13-19-3/h4-10,12,14,19H,11,13H2,1-3H3. The molecule has 0 spiro atoms.